The molecule has 0 spiro atoms. The predicted molar refractivity (Wildman–Crippen MR) is 29.6 cm³/mol. The molecular formula is C4H9BO2. The average molecular weight is 99.9 g/mol. The second kappa shape index (κ2) is 3.90. The molecule has 0 rings (SSSR count). The van der Waals surface area contributed by atoms with Gasteiger partial charge in [-0.25, -0.2) is 0 Å². The Morgan fingerprint density at radius 3 is 2.29 bits per heavy atom. The normalized spacial score (nSPS) is 10.1. The van der Waals surface area contributed by atoms with Crippen molar-refractivity contribution in [2.24, 2.45) is 0 Å². The zero-order valence-corrected chi connectivity index (χ0v) is 4.33. The monoisotopic (exact) mass is 100 g/mol. The molecule has 0 aromatic heterocycles. The first kappa shape index (κ1) is 6.72. The highest BCUT2D eigenvalue weighted by Crippen LogP contribution is 1.78. The van der Waals surface area contributed by atoms with Crippen LogP contribution in [-0.4, -0.2) is 17.2 Å². The fourth-order valence-electron chi connectivity index (χ4n) is 0.258. The van der Waals surface area contributed by atoms with Crippen LogP contribution in [0.15, 0.2) is 12.1 Å². The maximum atomic E-state index is 8.15. The number of allylic oxidation sites excluding steroid dienone is 1. The van der Waals surface area contributed by atoms with Gasteiger partial charge in [-0.15, -0.1) is 0 Å². The first-order valence-electron chi connectivity index (χ1n) is 2.30. The second-order valence-electron chi connectivity index (χ2n) is 1.25. The maximum absolute atomic E-state index is 8.15. The molecule has 3 heteroatoms. The summed E-state index contributed by atoms with van der Waals surface area (Å²) in [4.78, 5) is 0. The van der Waals surface area contributed by atoms with E-state index in [4.69, 9.17) is 10.0 Å². The van der Waals surface area contributed by atoms with Gasteiger partial charge in [-0.05, 0) is 6.42 Å². The highest BCUT2D eigenvalue weighted by molar-refractivity contribution is 6.47. The second-order valence-corrected chi connectivity index (χ2v) is 1.25. The van der Waals surface area contributed by atoms with Crippen molar-refractivity contribution in [2.75, 3.05) is 0 Å². The van der Waals surface area contributed by atoms with Gasteiger partial charge in [0.15, 0.2) is 0 Å². The van der Waals surface area contributed by atoms with Gasteiger partial charge < -0.3 is 10.0 Å². The Kier molecular flexibility index (Phi) is 3.75. The number of hydrogen-bond acceptors (Lipinski definition) is 2. The van der Waals surface area contributed by atoms with Gasteiger partial charge in [-0.2, -0.15) is 0 Å². The molecule has 0 aliphatic rings. The van der Waals surface area contributed by atoms with E-state index >= 15 is 0 Å². The lowest BCUT2D eigenvalue weighted by molar-refractivity contribution is 0.424. The summed E-state index contributed by atoms with van der Waals surface area (Å²) in [6, 6.07) is 0. The van der Waals surface area contributed by atoms with Gasteiger partial charge >= 0.3 is 7.12 Å². The molecule has 2 nitrogen and oxygen atoms in total. The summed E-state index contributed by atoms with van der Waals surface area (Å²) in [5, 5.41) is 16.3. The average Bonchev–Trinajstić information content (AvgIpc) is 1.61. The van der Waals surface area contributed by atoms with E-state index in [1.54, 1.807) is 6.08 Å². The Morgan fingerprint density at radius 1 is 1.57 bits per heavy atom. The topological polar surface area (TPSA) is 40.5 Å². The molecule has 0 aromatic carbocycles. The van der Waals surface area contributed by atoms with Gasteiger partial charge in [-0.3, -0.25) is 0 Å². The molecule has 0 aliphatic heterocycles. The van der Waals surface area contributed by atoms with Crippen LogP contribution in [0.25, 0.3) is 0 Å². The first-order valence-corrected chi connectivity index (χ1v) is 2.30. The van der Waals surface area contributed by atoms with Crippen LogP contribution in [-0.2, 0) is 0 Å². The van der Waals surface area contributed by atoms with E-state index < -0.39 is 7.12 Å². The standard InChI is InChI=1S/C4H9BO2/c1-2-3-4-5(6)7/h3-4,6-7H,2H2,1H3. The molecule has 7 heavy (non-hydrogen) atoms. The van der Waals surface area contributed by atoms with Crippen LogP contribution in [0.3, 0.4) is 0 Å². The van der Waals surface area contributed by atoms with Crippen molar-refractivity contribution in [3.63, 3.8) is 0 Å². The molecule has 0 atom stereocenters. The van der Waals surface area contributed by atoms with Crippen LogP contribution in [0, 0.1) is 0 Å². The van der Waals surface area contributed by atoms with Crippen molar-refractivity contribution in [2.45, 2.75) is 13.3 Å². The Hall–Kier alpha value is -0.275. The van der Waals surface area contributed by atoms with Crippen molar-refractivity contribution in [3.05, 3.63) is 12.1 Å². The molecule has 0 unspecified atom stereocenters. The maximum Gasteiger partial charge on any atom is 0.480 e. The molecule has 2 N–H and O–H groups in total. The van der Waals surface area contributed by atoms with Gasteiger partial charge in [-0.1, -0.05) is 19.0 Å². The summed E-state index contributed by atoms with van der Waals surface area (Å²) in [5.41, 5.74) is 0. The minimum absolute atomic E-state index is 0.845. The summed E-state index contributed by atoms with van der Waals surface area (Å²) in [6.07, 6.45) is 2.54. The molecular weight excluding hydrogens is 90.9 g/mol. The van der Waals surface area contributed by atoms with Gasteiger partial charge in [0.25, 0.3) is 0 Å². The lowest BCUT2D eigenvalue weighted by Gasteiger charge is -1.81. The van der Waals surface area contributed by atoms with Gasteiger partial charge in [0.05, 0.1) is 0 Å². The van der Waals surface area contributed by atoms with E-state index in [2.05, 4.69) is 0 Å². The Bertz CT molecular complexity index is 60.7. The van der Waals surface area contributed by atoms with Gasteiger partial charge in [0, 0.05) is 0 Å². The van der Waals surface area contributed by atoms with Crippen molar-refractivity contribution in [1.29, 1.82) is 0 Å². The molecule has 40 valence electrons. The van der Waals surface area contributed by atoms with Crippen LogP contribution in [0.5, 0.6) is 0 Å². The summed E-state index contributed by atoms with van der Waals surface area (Å²) >= 11 is 0. The molecule has 0 heterocycles. The molecule has 0 saturated heterocycles. The van der Waals surface area contributed by atoms with E-state index in [0.717, 1.165) is 6.42 Å². The van der Waals surface area contributed by atoms with Crippen molar-refractivity contribution in [1.82, 2.24) is 0 Å². The third kappa shape index (κ3) is 5.72. The largest absolute Gasteiger partial charge is 0.480 e. The summed E-state index contributed by atoms with van der Waals surface area (Å²) < 4.78 is 0. The minimum Gasteiger partial charge on any atom is -0.424 e. The van der Waals surface area contributed by atoms with Crippen LogP contribution < -0.4 is 0 Å². The number of hydrogen-bond donors (Lipinski definition) is 2. The van der Waals surface area contributed by atoms with Crippen LogP contribution in [0.4, 0.5) is 0 Å². The van der Waals surface area contributed by atoms with E-state index in [9.17, 15) is 0 Å². The Labute approximate surface area is 43.6 Å². The van der Waals surface area contributed by atoms with Crippen molar-refractivity contribution in [3.8, 4) is 0 Å². The third-order valence-electron chi connectivity index (χ3n) is 0.544. The molecule has 0 saturated carbocycles. The van der Waals surface area contributed by atoms with Gasteiger partial charge in [0.1, 0.15) is 0 Å². The molecule has 0 radical (unpaired) electrons. The summed E-state index contributed by atoms with van der Waals surface area (Å²) in [7, 11) is -1.28. The van der Waals surface area contributed by atoms with Crippen LogP contribution in [0.1, 0.15) is 13.3 Å². The predicted octanol–water partition coefficient (Wildman–Crippen LogP) is -0.0354. The smallest absolute Gasteiger partial charge is 0.424 e. The minimum atomic E-state index is -1.28. The van der Waals surface area contributed by atoms with Crippen molar-refractivity contribution < 1.29 is 10.0 Å². The molecule has 0 aliphatic carbocycles. The summed E-state index contributed by atoms with van der Waals surface area (Å²) in [6.45, 7) is 1.93. The van der Waals surface area contributed by atoms with E-state index in [0.29, 0.717) is 0 Å². The van der Waals surface area contributed by atoms with Crippen molar-refractivity contribution >= 4 is 7.12 Å². The molecule has 0 aromatic rings. The SMILES string of the molecule is CCC=CB(O)O. The lowest BCUT2D eigenvalue weighted by Crippen LogP contribution is -2.05. The van der Waals surface area contributed by atoms with Gasteiger partial charge in [0.2, 0.25) is 0 Å². The van der Waals surface area contributed by atoms with E-state index in [1.807, 2.05) is 6.92 Å². The third-order valence-corrected chi connectivity index (χ3v) is 0.544. The fourth-order valence-corrected chi connectivity index (χ4v) is 0.258. The highest BCUT2D eigenvalue weighted by Gasteiger charge is 1.94. The first-order chi connectivity index (χ1) is 3.27. The molecule has 0 amide bonds. The Morgan fingerprint density at radius 2 is 2.14 bits per heavy atom. The fraction of sp³-hybridized carbons (Fsp3) is 0.500. The Balaban J connectivity index is 3.08. The van der Waals surface area contributed by atoms with Crippen LogP contribution in [0.2, 0.25) is 0 Å². The lowest BCUT2D eigenvalue weighted by atomic mass is 9.92. The zero-order chi connectivity index (χ0) is 5.70. The van der Waals surface area contributed by atoms with E-state index in [-0.39, 0.29) is 0 Å². The summed E-state index contributed by atoms with van der Waals surface area (Å²) in [5.74, 6) is 1.33. The molecule has 0 bridgehead atoms. The highest BCUT2D eigenvalue weighted by atomic mass is 16.4. The zero-order valence-electron chi connectivity index (χ0n) is 4.33. The van der Waals surface area contributed by atoms with Crippen LogP contribution >= 0.6 is 0 Å². The van der Waals surface area contributed by atoms with E-state index in [1.165, 1.54) is 5.98 Å². The molecule has 0 fully saturated rings. The number of rotatable bonds is 2. The quantitative estimate of drug-likeness (QED) is 0.478.